The van der Waals surface area contributed by atoms with Crippen LogP contribution in [0.15, 0.2) is 18.2 Å². The first-order valence-electron chi connectivity index (χ1n) is 6.04. The van der Waals surface area contributed by atoms with Crippen molar-refractivity contribution in [3.8, 4) is 0 Å². The second kappa shape index (κ2) is 5.72. The van der Waals surface area contributed by atoms with Crippen LogP contribution in [0.1, 0.15) is 52.7 Å². The van der Waals surface area contributed by atoms with Crippen LogP contribution in [-0.4, -0.2) is 27.1 Å². The van der Waals surface area contributed by atoms with E-state index in [0.717, 1.165) is 11.1 Å². The van der Waals surface area contributed by atoms with E-state index in [2.05, 4.69) is 20.8 Å². The summed E-state index contributed by atoms with van der Waals surface area (Å²) < 4.78 is 11.6. The van der Waals surface area contributed by atoms with Gasteiger partial charge in [-0.3, -0.25) is 4.57 Å². The molecule has 108 valence electrons. The fourth-order valence-electron chi connectivity index (χ4n) is 1.86. The van der Waals surface area contributed by atoms with Crippen LogP contribution in [-0.2, 0) is 15.4 Å². The van der Waals surface area contributed by atoms with Crippen LogP contribution in [0, 0.1) is 0 Å². The molecule has 0 saturated carbocycles. The maximum absolute atomic E-state index is 11.6. The van der Waals surface area contributed by atoms with Gasteiger partial charge in [0.1, 0.15) is 0 Å². The van der Waals surface area contributed by atoms with Crippen molar-refractivity contribution in [1.82, 2.24) is 0 Å². The van der Waals surface area contributed by atoms with Gasteiger partial charge in [-0.2, -0.15) is 0 Å². The van der Waals surface area contributed by atoms with Crippen molar-refractivity contribution in [2.24, 2.45) is 0 Å². The Hall–Kier alpha value is -0.0975. The zero-order valence-corrected chi connectivity index (χ0v) is 12.9. The summed E-state index contributed by atoms with van der Waals surface area (Å²) in [6.45, 7) is 12.2. The minimum atomic E-state index is -4.22. The van der Waals surface area contributed by atoms with E-state index in [1.807, 2.05) is 32.9 Å². The Balaban J connectivity index is 0.00000324. The van der Waals surface area contributed by atoms with Gasteiger partial charge in [0.2, 0.25) is 0 Å². The molecule has 1 rings (SSSR count). The molecule has 0 amide bonds. The second-order valence-corrected chi connectivity index (χ2v) is 8.35. The first kappa shape index (κ1) is 18.9. The monoisotopic (exact) mass is 300 g/mol. The predicted molar refractivity (Wildman–Crippen MR) is 85.5 cm³/mol. The minimum Gasteiger partial charge on any atom is -0.321 e. The lowest BCUT2D eigenvalue weighted by atomic mass is 9.81. The largest absolute Gasteiger partial charge is 0.356 e. The Morgan fingerprint density at radius 2 is 1.42 bits per heavy atom. The zero-order valence-electron chi connectivity index (χ0n) is 12.0. The quantitative estimate of drug-likeness (QED) is 0.615. The highest BCUT2D eigenvalue weighted by Gasteiger charge is 2.29. The summed E-state index contributed by atoms with van der Waals surface area (Å²) in [6.07, 6.45) is 0. The summed E-state index contributed by atoms with van der Waals surface area (Å²) in [4.78, 5) is 18.9. The third-order valence-corrected chi connectivity index (χ3v) is 4.00. The first-order valence-corrected chi connectivity index (χ1v) is 7.66. The Bertz CT molecular complexity index is 492. The van der Waals surface area contributed by atoms with Crippen LogP contribution in [0.3, 0.4) is 0 Å². The number of benzene rings is 1. The molecule has 5 heteroatoms. The van der Waals surface area contributed by atoms with Crippen LogP contribution < -0.4 is 5.30 Å². The summed E-state index contributed by atoms with van der Waals surface area (Å²) >= 11 is 0. The molecule has 0 bridgehead atoms. The topological polar surface area (TPSA) is 57.5 Å². The lowest BCUT2D eigenvalue weighted by Gasteiger charge is -2.27. The van der Waals surface area contributed by atoms with E-state index in [1.165, 1.54) is 0 Å². The first-order chi connectivity index (χ1) is 7.83. The molecule has 19 heavy (non-hydrogen) atoms. The van der Waals surface area contributed by atoms with E-state index in [1.54, 1.807) is 6.07 Å². The summed E-state index contributed by atoms with van der Waals surface area (Å²) in [5, 5.41) is 0.142. The van der Waals surface area contributed by atoms with Gasteiger partial charge in [-0.1, -0.05) is 53.7 Å². The van der Waals surface area contributed by atoms with Gasteiger partial charge in [-0.15, -0.1) is 0 Å². The molecule has 1 aromatic carbocycles. The van der Waals surface area contributed by atoms with Crippen molar-refractivity contribution < 1.29 is 14.4 Å². The Morgan fingerprint density at radius 3 is 1.74 bits per heavy atom. The Morgan fingerprint density at radius 1 is 0.947 bits per heavy atom. The normalized spacial score (nSPS) is 13.1. The maximum atomic E-state index is 11.6. The standard InChI is InChI=1S/C14H23O3P.Al.3H/c1-13(2,3)10-7-8-12(18(15,16)17)11(9-10)14(4,5)6;;;;/h7-9H,1-6H3,(H2,15,16,17);;;;. The lowest BCUT2D eigenvalue weighted by Crippen LogP contribution is -2.25. The molecule has 0 aliphatic carbocycles. The molecule has 0 aliphatic rings. The zero-order chi connectivity index (χ0) is 14.4. The molecule has 0 heterocycles. The van der Waals surface area contributed by atoms with Gasteiger partial charge in [0.15, 0.2) is 17.4 Å². The van der Waals surface area contributed by atoms with Crippen LogP contribution in [0.25, 0.3) is 0 Å². The minimum absolute atomic E-state index is 0. The molecule has 3 nitrogen and oxygen atoms in total. The SMILES string of the molecule is CC(C)(C)c1ccc(P(=O)(O)O)c(C(C)(C)C)c1.[AlH3]. The Labute approximate surface area is 126 Å². The van der Waals surface area contributed by atoms with Gasteiger partial charge < -0.3 is 9.79 Å². The van der Waals surface area contributed by atoms with Crippen LogP contribution >= 0.6 is 7.60 Å². The van der Waals surface area contributed by atoms with E-state index >= 15 is 0 Å². The lowest BCUT2D eigenvalue weighted by molar-refractivity contribution is 0.386. The summed E-state index contributed by atoms with van der Waals surface area (Å²) in [6, 6.07) is 5.31. The van der Waals surface area contributed by atoms with E-state index < -0.39 is 7.60 Å². The molecule has 0 atom stereocenters. The van der Waals surface area contributed by atoms with E-state index in [0.29, 0.717) is 0 Å². The van der Waals surface area contributed by atoms with Gasteiger partial charge in [0, 0.05) is 0 Å². The molecule has 0 aromatic heterocycles. The third-order valence-electron chi connectivity index (χ3n) is 2.98. The van der Waals surface area contributed by atoms with Crippen molar-refractivity contribution in [2.75, 3.05) is 0 Å². The molecule has 0 radical (unpaired) electrons. The predicted octanol–water partition coefficient (Wildman–Crippen LogP) is 1.90. The average molecular weight is 300 g/mol. The van der Waals surface area contributed by atoms with Crippen molar-refractivity contribution in [3.63, 3.8) is 0 Å². The maximum Gasteiger partial charge on any atom is 0.356 e. The smallest absolute Gasteiger partial charge is 0.321 e. The summed E-state index contributed by atoms with van der Waals surface area (Å²) in [5.41, 5.74) is 1.48. The Kier molecular flexibility index (Phi) is 5.69. The second-order valence-electron chi connectivity index (χ2n) is 6.78. The van der Waals surface area contributed by atoms with Crippen LogP contribution in [0.4, 0.5) is 0 Å². The van der Waals surface area contributed by atoms with Crippen LogP contribution in [0.2, 0.25) is 0 Å². The third kappa shape index (κ3) is 4.74. The summed E-state index contributed by atoms with van der Waals surface area (Å²) in [5.74, 6) is 0. The molecule has 1 aromatic rings. The molecule has 0 aliphatic heterocycles. The van der Waals surface area contributed by atoms with E-state index in [4.69, 9.17) is 0 Å². The molecule has 0 unspecified atom stereocenters. The number of rotatable bonds is 1. The number of hydrogen-bond acceptors (Lipinski definition) is 1. The van der Waals surface area contributed by atoms with Crippen molar-refractivity contribution >= 4 is 30.3 Å². The molecule has 0 spiro atoms. The van der Waals surface area contributed by atoms with Crippen molar-refractivity contribution in [2.45, 2.75) is 52.4 Å². The molecular formula is C14H26AlO3P. The van der Waals surface area contributed by atoms with Gasteiger partial charge in [0.25, 0.3) is 0 Å². The summed E-state index contributed by atoms with van der Waals surface area (Å²) in [7, 11) is -4.22. The van der Waals surface area contributed by atoms with E-state index in [-0.39, 0.29) is 33.5 Å². The van der Waals surface area contributed by atoms with Crippen molar-refractivity contribution in [1.29, 1.82) is 0 Å². The van der Waals surface area contributed by atoms with E-state index in [9.17, 15) is 14.4 Å². The molecule has 0 saturated heterocycles. The van der Waals surface area contributed by atoms with Gasteiger partial charge in [-0.05, 0) is 28.0 Å². The van der Waals surface area contributed by atoms with Gasteiger partial charge in [0.05, 0.1) is 5.30 Å². The fraction of sp³-hybridized carbons (Fsp3) is 0.571. The molecule has 0 fully saturated rings. The van der Waals surface area contributed by atoms with Gasteiger partial charge in [-0.25, -0.2) is 0 Å². The van der Waals surface area contributed by atoms with Gasteiger partial charge >= 0.3 is 7.60 Å². The van der Waals surface area contributed by atoms with Crippen LogP contribution in [0.5, 0.6) is 0 Å². The van der Waals surface area contributed by atoms with Crippen molar-refractivity contribution in [3.05, 3.63) is 29.3 Å². The molecular weight excluding hydrogens is 274 g/mol. The average Bonchev–Trinajstić information content (AvgIpc) is 2.12. The highest BCUT2D eigenvalue weighted by molar-refractivity contribution is 7.60. The highest BCUT2D eigenvalue weighted by Crippen LogP contribution is 2.39. The highest BCUT2D eigenvalue weighted by atomic mass is 31.2. The molecule has 2 N–H and O–H groups in total. The fourth-order valence-corrected chi connectivity index (χ4v) is 2.84. The number of hydrogen-bond donors (Lipinski definition) is 2.